The SMILES string of the molecule is COC(=O)C1=C(Br)C2CC(OC)C1O2. The van der Waals surface area contributed by atoms with Crippen LogP contribution >= 0.6 is 15.9 Å². The predicted octanol–water partition coefficient (Wildman–Crippen LogP) is 0.994. The van der Waals surface area contributed by atoms with Crippen molar-refractivity contribution in [3.8, 4) is 0 Å². The van der Waals surface area contributed by atoms with Gasteiger partial charge in [0.2, 0.25) is 0 Å². The molecule has 0 N–H and O–H groups in total. The van der Waals surface area contributed by atoms with E-state index in [2.05, 4.69) is 20.7 Å². The van der Waals surface area contributed by atoms with Crippen molar-refractivity contribution in [1.29, 1.82) is 0 Å². The van der Waals surface area contributed by atoms with Gasteiger partial charge >= 0.3 is 5.97 Å². The molecule has 4 nitrogen and oxygen atoms in total. The Labute approximate surface area is 90.3 Å². The third-order valence-corrected chi connectivity index (χ3v) is 3.57. The van der Waals surface area contributed by atoms with Gasteiger partial charge in [0.05, 0.1) is 24.9 Å². The second-order valence-electron chi connectivity index (χ2n) is 3.31. The van der Waals surface area contributed by atoms with Crippen LogP contribution in [0, 0.1) is 0 Å². The number of fused-ring (bicyclic) bond motifs is 2. The van der Waals surface area contributed by atoms with Crippen molar-refractivity contribution in [1.82, 2.24) is 0 Å². The van der Waals surface area contributed by atoms with E-state index < -0.39 is 0 Å². The van der Waals surface area contributed by atoms with Gasteiger partial charge in [-0.05, 0) is 0 Å². The van der Waals surface area contributed by atoms with E-state index in [0.29, 0.717) is 5.57 Å². The van der Waals surface area contributed by atoms with E-state index >= 15 is 0 Å². The normalized spacial score (nSPS) is 35.2. The van der Waals surface area contributed by atoms with Crippen molar-refractivity contribution < 1.29 is 19.0 Å². The highest BCUT2D eigenvalue weighted by Crippen LogP contribution is 2.43. The highest BCUT2D eigenvalue weighted by Gasteiger charge is 2.49. The minimum atomic E-state index is -0.342. The van der Waals surface area contributed by atoms with Crippen LogP contribution in [0.1, 0.15) is 6.42 Å². The quantitative estimate of drug-likeness (QED) is 0.697. The summed E-state index contributed by atoms with van der Waals surface area (Å²) in [5.74, 6) is -0.342. The number of hydrogen-bond acceptors (Lipinski definition) is 4. The van der Waals surface area contributed by atoms with Gasteiger partial charge in [-0.2, -0.15) is 0 Å². The molecule has 0 radical (unpaired) electrons. The lowest BCUT2D eigenvalue weighted by atomic mass is 9.97. The number of rotatable bonds is 2. The minimum absolute atomic E-state index is 0.0320. The summed E-state index contributed by atoms with van der Waals surface area (Å²) in [5.41, 5.74) is 0.565. The first-order valence-corrected chi connectivity index (χ1v) is 5.14. The number of hydrogen-bond donors (Lipinski definition) is 0. The fourth-order valence-corrected chi connectivity index (χ4v) is 2.61. The zero-order chi connectivity index (χ0) is 10.3. The minimum Gasteiger partial charge on any atom is -0.466 e. The highest BCUT2D eigenvalue weighted by molar-refractivity contribution is 9.11. The van der Waals surface area contributed by atoms with E-state index in [9.17, 15) is 4.79 Å². The Morgan fingerprint density at radius 3 is 2.79 bits per heavy atom. The highest BCUT2D eigenvalue weighted by atomic mass is 79.9. The largest absolute Gasteiger partial charge is 0.466 e. The molecule has 0 amide bonds. The second-order valence-corrected chi connectivity index (χ2v) is 4.16. The second kappa shape index (κ2) is 3.64. The maximum absolute atomic E-state index is 11.4. The third-order valence-electron chi connectivity index (χ3n) is 2.63. The van der Waals surface area contributed by atoms with Gasteiger partial charge in [-0.25, -0.2) is 4.79 Å². The van der Waals surface area contributed by atoms with Gasteiger partial charge in [0.15, 0.2) is 0 Å². The van der Waals surface area contributed by atoms with Crippen molar-refractivity contribution in [3.05, 3.63) is 10.1 Å². The Morgan fingerprint density at radius 1 is 1.57 bits per heavy atom. The van der Waals surface area contributed by atoms with E-state index in [0.717, 1.165) is 10.9 Å². The zero-order valence-electron chi connectivity index (χ0n) is 7.95. The Hall–Kier alpha value is -0.390. The number of methoxy groups -OCH3 is 2. The molecule has 0 aliphatic carbocycles. The smallest absolute Gasteiger partial charge is 0.337 e. The van der Waals surface area contributed by atoms with Gasteiger partial charge in [0, 0.05) is 18.0 Å². The van der Waals surface area contributed by atoms with Gasteiger partial charge in [-0.15, -0.1) is 0 Å². The Bertz CT molecular complexity index is 299. The van der Waals surface area contributed by atoms with Crippen molar-refractivity contribution in [3.63, 3.8) is 0 Å². The van der Waals surface area contributed by atoms with Crippen LogP contribution in [0.4, 0.5) is 0 Å². The van der Waals surface area contributed by atoms with Crippen LogP contribution in [0.5, 0.6) is 0 Å². The maximum atomic E-state index is 11.4. The number of carbonyl (C=O) groups is 1. The molecule has 0 aromatic heterocycles. The molecule has 1 fully saturated rings. The van der Waals surface area contributed by atoms with E-state index in [1.54, 1.807) is 7.11 Å². The van der Waals surface area contributed by atoms with Crippen LogP contribution in [0.15, 0.2) is 10.1 Å². The van der Waals surface area contributed by atoms with Crippen LogP contribution in [0.3, 0.4) is 0 Å². The summed E-state index contributed by atoms with van der Waals surface area (Å²) in [6.07, 6.45) is 0.448. The molecule has 2 aliphatic heterocycles. The number of carbonyl (C=O) groups excluding carboxylic acids is 1. The fourth-order valence-electron chi connectivity index (χ4n) is 1.92. The summed E-state index contributed by atoms with van der Waals surface area (Å²) in [5, 5.41) is 0. The molecule has 0 saturated carbocycles. The molecule has 2 heterocycles. The van der Waals surface area contributed by atoms with Crippen LogP contribution < -0.4 is 0 Å². The first kappa shape index (κ1) is 10.1. The Morgan fingerprint density at radius 2 is 2.29 bits per heavy atom. The van der Waals surface area contributed by atoms with E-state index in [4.69, 9.17) is 9.47 Å². The third kappa shape index (κ3) is 1.31. The summed E-state index contributed by atoms with van der Waals surface area (Å²) < 4.78 is 16.3. The first-order chi connectivity index (χ1) is 6.69. The Balaban J connectivity index is 2.27. The molecule has 1 saturated heterocycles. The van der Waals surface area contributed by atoms with Gasteiger partial charge < -0.3 is 14.2 Å². The monoisotopic (exact) mass is 262 g/mol. The molecule has 0 aromatic rings. The van der Waals surface area contributed by atoms with Crippen molar-refractivity contribution in [2.75, 3.05) is 14.2 Å². The Kier molecular flexibility index (Phi) is 2.64. The number of halogens is 1. The van der Waals surface area contributed by atoms with Crippen molar-refractivity contribution in [2.45, 2.75) is 24.7 Å². The van der Waals surface area contributed by atoms with Crippen molar-refractivity contribution >= 4 is 21.9 Å². The van der Waals surface area contributed by atoms with Crippen molar-refractivity contribution in [2.24, 2.45) is 0 Å². The van der Waals surface area contributed by atoms with Gasteiger partial charge in [0.25, 0.3) is 0 Å². The van der Waals surface area contributed by atoms with E-state index in [-0.39, 0.29) is 24.3 Å². The number of ether oxygens (including phenoxy) is 3. The summed E-state index contributed by atoms with van der Waals surface area (Å²) >= 11 is 3.36. The molecule has 78 valence electrons. The fraction of sp³-hybridized carbons (Fsp3) is 0.667. The summed E-state index contributed by atoms with van der Waals surface area (Å²) in [6.45, 7) is 0. The lowest BCUT2D eigenvalue weighted by Gasteiger charge is -2.19. The van der Waals surface area contributed by atoms with E-state index in [1.807, 2.05) is 0 Å². The molecule has 3 atom stereocenters. The lowest BCUT2D eigenvalue weighted by Crippen LogP contribution is -2.30. The maximum Gasteiger partial charge on any atom is 0.337 e. The van der Waals surface area contributed by atoms with Crippen LogP contribution in [-0.4, -0.2) is 38.5 Å². The summed E-state index contributed by atoms with van der Waals surface area (Å²) in [7, 11) is 2.99. The molecule has 0 spiro atoms. The molecule has 2 bridgehead atoms. The molecule has 5 heteroatoms. The molecule has 2 rings (SSSR count). The van der Waals surface area contributed by atoms with E-state index in [1.165, 1.54) is 7.11 Å². The van der Waals surface area contributed by atoms with Crippen LogP contribution in [-0.2, 0) is 19.0 Å². The average molecular weight is 263 g/mol. The molecule has 3 unspecified atom stereocenters. The molecule has 2 aliphatic rings. The zero-order valence-corrected chi connectivity index (χ0v) is 9.54. The first-order valence-electron chi connectivity index (χ1n) is 4.35. The van der Waals surface area contributed by atoms with Gasteiger partial charge in [0.1, 0.15) is 6.10 Å². The molecular weight excluding hydrogens is 252 g/mol. The predicted molar refractivity (Wildman–Crippen MR) is 52.0 cm³/mol. The summed E-state index contributed by atoms with van der Waals surface area (Å²) in [6, 6.07) is 0. The van der Waals surface area contributed by atoms with Crippen LogP contribution in [0.25, 0.3) is 0 Å². The standard InChI is InChI=1S/C9H11BrO4/c1-12-5-3-4-7(10)6(8(5)14-4)9(11)13-2/h4-5,8H,3H2,1-2H3. The van der Waals surface area contributed by atoms with Gasteiger partial charge in [-0.3, -0.25) is 0 Å². The topological polar surface area (TPSA) is 44.8 Å². The summed E-state index contributed by atoms with van der Waals surface area (Å²) in [4.78, 5) is 11.4. The lowest BCUT2D eigenvalue weighted by molar-refractivity contribution is -0.137. The molecule has 0 aromatic carbocycles. The van der Waals surface area contributed by atoms with Gasteiger partial charge in [-0.1, -0.05) is 15.9 Å². The number of esters is 1. The molecular formula is C9H11BrO4. The molecule has 14 heavy (non-hydrogen) atoms. The average Bonchev–Trinajstić information content (AvgIpc) is 2.73. The van der Waals surface area contributed by atoms with Crippen LogP contribution in [0.2, 0.25) is 0 Å².